The van der Waals surface area contributed by atoms with Gasteiger partial charge in [0.1, 0.15) is 9.84 Å². The lowest BCUT2D eigenvalue weighted by atomic mass is 10.0. The minimum atomic E-state index is -2.82. The molecule has 2 nitrogen and oxygen atoms in total. The second-order valence-electron chi connectivity index (χ2n) is 4.38. The molecule has 1 aliphatic carbocycles. The number of halogens is 1. The molecule has 0 bridgehead atoms. The predicted molar refractivity (Wildman–Crippen MR) is 60.5 cm³/mol. The van der Waals surface area contributed by atoms with Crippen LogP contribution in [0.2, 0.25) is 0 Å². The fourth-order valence-electron chi connectivity index (χ4n) is 1.78. The van der Waals surface area contributed by atoms with Gasteiger partial charge in [-0.05, 0) is 38.0 Å². The Morgan fingerprint density at radius 2 is 1.93 bits per heavy atom. The zero-order valence-electron chi connectivity index (χ0n) is 8.92. The number of rotatable bonds is 6. The van der Waals surface area contributed by atoms with Crippen molar-refractivity contribution >= 4 is 21.4 Å². The van der Waals surface area contributed by atoms with Crippen LogP contribution >= 0.6 is 11.6 Å². The average molecular weight is 239 g/mol. The first kappa shape index (κ1) is 12.3. The van der Waals surface area contributed by atoms with E-state index >= 15 is 0 Å². The van der Waals surface area contributed by atoms with E-state index in [1.807, 2.05) is 13.8 Å². The summed E-state index contributed by atoms with van der Waals surface area (Å²) >= 11 is 6.04. The summed E-state index contributed by atoms with van der Waals surface area (Å²) in [4.78, 5) is 0. The van der Waals surface area contributed by atoms with Crippen molar-refractivity contribution in [2.75, 3.05) is 11.5 Å². The summed E-state index contributed by atoms with van der Waals surface area (Å²) in [6, 6.07) is 0. The average Bonchev–Trinajstić information content (AvgIpc) is 2.81. The highest BCUT2D eigenvalue weighted by Crippen LogP contribution is 2.53. The van der Waals surface area contributed by atoms with Crippen LogP contribution in [0.15, 0.2) is 0 Å². The third-order valence-corrected chi connectivity index (χ3v) is 5.48. The van der Waals surface area contributed by atoms with Gasteiger partial charge in [0.25, 0.3) is 0 Å². The summed E-state index contributed by atoms with van der Waals surface area (Å²) in [6.07, 6.45) is 3.66. The first-order valence-electron chi connectivity index (χ1n) is 5.26. The van der Waals surface area contributed by atoms with Crippen molar-refractivity contribution in [3.63, 3.8) is 0 Å². The highest BCUT2D eigenvalue weighted by molar-refractivity contribution is 7.91. The molecule has 0 aromatic heterocycles. The molecular weight excluding hydrogens is 220 g/mol. The molecule has 0 radical (unpaired) electrons. The van der Waals surface area contributed by atoms with Gasteiger partial charge in [0.05, 0.1) is 5.75 Å². The van der Waals surface area contributed by atoms with Crippen molar-refractivity contribution in [1.82, 2.24) is 0 Å². The van der Waals surface area contributed by atoms with Gasteiger partial charge < -0.3 is 0 Å². The van der Waals surface area contributed by atoms with Gasteiger partial charge in [-0.2, -0.15) is 0 Å². The highest BCUT2D eigenvalue weighted by atomic mass is 35.5. The van der Waals surface area contributed by atoms with Gasteiger partial charge in [-0.25, -0.2) is 8.42 Å². The van der Waals surface area contributed by atoms with Crippen molar-refractivity contribution < 1.29 is 8.42 Å². The van der Waals surface area contributed by atoms with Crippen LogP contribution in [-0.4, -0.2) is 25.3 Å². The SMILES string of the molecule is CCCS(=O)(=O)CCC1(C(C)Cl)CC1. The van der Waals surface area contributed by atoms with Gasteiger partial charge in [0.15, 0.2) is 0 Å². The number of sulfone groups is 1. The Kier molecular flexibility index (Phi) is 3.87. The van der Waals surface area contributed by atoms with E-state index in [9.17, 15) is 8.42 Å². The molecule has 1 unspecified atom stereocenters. The summed E-state index contributed by atoms with van der Waals surface area (Å²) in [5.41, 5.74) is 0.141. The first-order valence-corrected chi connectivity index (χ1v) is 7.52. The standard InChI is InChI=1S/C10H19ClO2S/c1-3-7-14(12,13)8-6-10(4-5-10)9(2)11/h9H,3-8H2,1-2H3. The van der Waals surface area contributed by atoms with E-state index in [1.54, 1.807) is 0 Å². The summed E-state index contributed by atoms with van der Waals surface area (Å²) < 4.78 is 23.0. The Bertz CT molecular complexity index is 278. The van der Waals surface area contributed by atoms with Crippen molar-refractivity contribution in [2.24, 2.45) is 5.41 Å². The monoisotopic (exact) mass is 238 g/mol. The van der Waals surface area contributed by atoms with Crippen molar-refractivity contribution in [1.29, 1.82) is 0 Å². The molecule has 0 heterocycles. The maximum Gasteiger partial charge on any atom is 0.150 e. The van der Waals surface area contributed by atoms with Crippen molar-refractivity contribution in [3.8, 4) is 0 Å². The summed E-state index contributed by atoms with van der Waals surface area (Å²) in [6.45, 7) is 3.87. The largest absolute Gasteiger partial charge is 0.229 e. The summed E-state index contributed by atoms with van der Waals surface area (Å²) in [5.74, 6) is 0.637. The second-order valence-corrected chi connectivity index (χ2v) is 7.34. The smallest absolute Gasteiger partial charge is 0.150 e. The molecule has 1 saturated carbocycles. The van der Waals surface area contributed by atoms with Crippen LogP contribution in [-0.2, 0) is 9.84 Å². The highest BCUT2D eigenvalue weighted by Gasteiger charge is 2.46. The third-order valence-electron chi connectivity index (χ3n) is 3.16. The molecule has 0 saturated heterocycles. The minimum absolute atomic E-state index is 0.110. The van der Waals surface area contributed by atoms with E-state index in [0.717, 1.165) is 19.3 Å². The third kappa shape index (κ3) is 3.13. The Balaban J connectivity index is 2.41. The molecule has 0 aromatic rings. The molecule has 0 amide bonds. The van der Waals surface area contributed by atoms with Gasteiger partial charge in [0, 0.05) is 11.1 Å². The molecule has 1 aliphatic rings. The Labute approximate surface area is 91.9 Å². The Morgan fingerprint density at radius 3 is 2.29 bits per heavy atom. The topological polar surface area (TPSA) is 34.1 Å². The van der Waals surface area contributed by atoms with Crippen LogP contribution in [0, 0.1) is 5.41 Å². The lowest BCUT2D eigenvalue weighted by molar-refractivity contribution is 0.477. The zero-order chi connectivity index (χ0) is 10.8. The van der Waals surface area contributed by atoms with E-state index in [-0.39, 0.29) is 10.8 Å². The van der Waals surface area contributed by atoms with E-state index in [4.69, 9.17) is 11.6 Å². The van der Waals surface area contributed by atoms with Crippen LogP contribution in [0.5, 0.6) is 0 Å². The number of hydrogen-bond donors (Lipinski definition) is 0. The number of hydrogen-bond acceptors (Lipinski definition) is 2. The number of alkyl halides is 1. The lowest BCUT2D eigenvalue weighted by Crippen LogP contribution is -2.19. The minimum Gasteiger partial charge on any atom is -0.229 e. The molecule has 84 valence electrons. The van der Waals surface area contributed by atoms with Gasteiger partial charge >= 0.3 is 0 Å². The molecule has 0 N–H and O–H groups in total. The predicted octanol–water partition coefficient (Wildman–Crippen LogP) is 2.61. The maximum absolute atomic E-state index is 11.5. The van der Waals surface area contributed by atoms with E-state index in [0.29, 0.717) is 17.9 Å². The summed E-state index contributed by atoms with van der Waals surface area (Å²) in [7, 11) is -2.82. The van der Waals surface area contributed by atoms with Gasteiger partial charge in [-0.1, -0.05) is 6.92 Å². The maximum atomic E-state index is 11.5. The quantitative estimate of drug-likeness (QED) is 0.667. The van der Waals surface area contributed by atoms with Gasteiger partial charge in [-0.3, -0.25) is 0 Å². The van der Waals surface area contributed by atoms with Crippen LogP contribution < -0.4 is 0 Å². The van der Waals surface area contributed by atoms with E-state index < -0.39 is 9.84 Å². The molecule has 1 rings (SSSR count). The fourth-order valence-corrected chi connectivity index (χ4v) is 3.65. The molecule has 0 aliphatic heterocycles. The molecule has 0 spiro atoms. The van der Waals surface area contributed by atoms with E-state index in [2.05, 4.69) is 0 Å². The normalized spacial score (nSPS) is 21.9. The van der Waals surface area contributed by atoms with Crippen LogP contribution in [0.4, 0.5) is 0 Å². The first-order chi connectivity index (χ1) is 6.42. The van der Waals surface area contributed by atoms with Crippen LogP contribution in [0.25, 0.3) is 0 Å². The molecule has 1 fully saturated rings. The lowest BCUT2D eigenvalue weighted by Gasteiger charge is -2.17. The summed E-state index contributed by atoms with van der Waals surface area (Å²) in [5, 5.41) is 0.110. The van der Waals surface area contributed by atoms with Gasteiger partial charge in [-0.15, -0.1) is 11.6 Å². The fraction of sp³-hybridized carbons (Fsp3) is 1.00. The van der Waals surface area contributed by atoms with Crippen LogP contribution in [0.3, 0.4) is 0 Å². The molecule has 14 heavy (non-hydrogen) atoms. The second kappa shape index (κ2) is 4.40. The van der Waals surface area contributed by atoms with Crippen LogP contribution in [0.1, 0.15) is 39.5 Å². The van der Waals surface area contributed by atoms with Gasteiger partial charge in [0.2, 0.25) is 0 Å². The van der Waals surface area contributed by atoms with Crippen molar-refractivity contribution in [2.45, 2.75) is 44.9 Å². The van der Waals surface area contributed by atoms with E-state index in [1.165, 1.54) is 0 Å². The molecular formula is C10H19ClO2S. The molecule has 0 aromatic carbocycles. The zero-order valence-corrected chi connectivity index (χ0v) is 10.5. The Morgan fingerprint density at radius 1 is 1.36 bits per heavy atom. The molecule has 1 atom stereocenters. The molecule has 4 heteroatoms. The Hall–Kier alpha value is 0.240. The van der Waals surface area contributed by atoms with Crippen molar-refractivity contribution in [3.05, 3.63) is 0 Å².